The lowest BCUT2D eigenvalue weighted by molar-refractivity contribution is 1.07. The fourth-order valence-electron chi connectivity index (χ4n) is 1.39. The van der Waals surface area contributed by atoms with Gasteiger partial charge in [0.1, 0.15) is 0 Å². The van der Waals surface area contributed by atoms with Crippen LogP contribution in [0.4, 0.5) is 11.4 Å². The molecule has 0 aliphatic heterocycles. The normalized spacial score (nSPS) is 9.81. The second-order valence-electron chi connectivity index (χ2n) is 3.21. The van der Waals surface area contributed by atoms with Crippen molar-refractivity contribution in [3.05, 3.63) is 64.0 Å². The first-order valence-corrected chi connectivity index (χ1v) is 5.54. The number of hydrogen-bond acceptors (Lipinski definition) is 2. The summed E-state index contributed by atoms with van der Waals surface area (Å²) in [5.41, 5.74) is 1.49. The molecule has 0 radical (unpaired) electrons. The Balaban J connectivity index is 2.37. The smallest absolute Gasteiger partial charge is 0.0685 e. The molecule has 0 aliphatic carbocycles. The van der Waals surface area contributed by atoms with Gasteiger partial charge in [0.15, 0.2) is 0 Å². The minimum absolute atomic E-state index is 0.740. The van der Waals surface area contributed by atoms with Crippen molar-refractivity contribution in [2.24, 2.45) is 5.29 Å². The number of benzene rings is 2. The predicted molar refractivity (Wildman–Crippen MR) is 68.5 cm³/mol. The summed E-state index contributed by atoms with van der Waals surface area (Å²) >= 11 is 3.35. The molecule has 80 valence electrons. The van der Waals surface area contributed by atoms with Crippen LogP contribution in [-0.2, 0) is 0 Å². The van der Waals surface area contributed by atoms with Gasteiger partial charge in [0.25, 0.3) is 0 Å². The molecule has 0 spiro atoms. The SMILES string of the molecule is O=NN(c1ccccc1)c1ccc(Br)cc1. The summed E-state index contributed by atoms with van der Waals surface area (Å²) in [6.45, 7) is 0. The van der Waals surface area contributed by atoms with E-state index in [0.717, 1.165) is 15.8 Å². The molecule has 0 heterocycles. The number of nitrogens with zero attached hydrogens (tertiary/aromatic N) is 2. The van der Waals surface area contributed by atoms with Crippen LogP contribution >= 0.6 is 15.9 Å². The quantitative estimate of drug-likeness (QED) is 0.620. The lowest BCUT2D eigenvalue weighted by Gasteiger charge is -2.14. The van der Waals surface area contributed by atoms with Crippen LogP contribution in [0.2, 0.25) is 0 Å². The van der Waals surface area contributed by atoms with Gasteiger partial charge in [-0.15, -0.1) is 4.91 Å². The molecule has 0 amide bonds. The van der Waals surface area contributed by atoms with Crippen LogP contribution in [0.15, 0.2) is 64.4 Å². The Labute approximate surface area is 102 Å². The highest BCUT2D eigenvalue weighted by molar-refractivity contribution is 9.10. The maximum absolute atomic E-state index is 10.9. The third kappa shape index (κ3) is 2.28. The van der Waals surface area contributed by atoms with Crippen molar-refractivity contribution in [3.8, 4) is 0 Å². The summed E-state index contributed by atoms with van der Waals surface area (Å²) in [7, 11) is 0. The van der Waals surface area contributed by atoms with Crippen LogP contribution in [0.3, 0.4) is 0 Å². The summed E-state index contributed by atoms with van der Waals surface area (Å²) in [5.74, 6) is 0. The number of halogens is 1. The Bertz CT molecular complexity index is 470. The van der Waals surface area contributed by atoms with Crippen molar-refractivity contribution in [1.29, 1.82) is 0 Å². The van der Waals surface area contributed by atoms with Gasteiger partial charge in [0.05, 0.1) is 16.7 Å². The van der Waals surface area contributed by atoms with Crippen LogP contribution in [0, 0.1) is 4.91 Å². The van der Waals surface area contributed by atoms with Crippen LogP contribution in [0.5, 0.6) is 0 Å². The van der Waals surface area contributed by atoms with Crippen LogP contribution in [-0.4, -0.2) is 0 Å². The van der Waals surface area contributed by atoms with Gasteiger partial charge >= 0.3 is 0 Å². The highest BCUT2D eigenvalue weighted by Gasteiger charge is 2.08. The number of anilines is 2. The maximum atomic E-state index is 10.9. The van der Waals surface area contributed by atoms with Crippen molar-refractivity contribution in [2.45, 2.75) is 0 Å². The molecule has 16 heavy (non-hydrogen) atoms. The van der Waals surface area contributed by atoms with E-state index in [1.54, 1.807) is 0 Å². The highest BCUT2D eigenvalue weighted by atomic mass is 79.9. The van der Waals surface area contributed by atoms with E-state index in [1.165, 1.54) is 5.01 Å². The molecular weight excluding hydrogens is 268 g/mol. The second-order valence-corrected chi connectivity index (χ2v) is 4.12. The summed E-state index contributed by atoms with van der Waals surface area (Å²) in [4.78, 5) is 10.9. The summed E-state index contributed by atoms with van der Waals surface area (Å²) < 4.78 is 0.968. The first-order chi connectivity index (χ1) is 7.81. The van der Waals surface area contributed by atoms with Crippen LogP contribution in [0.25, 0.3) is 0 Å². The average Bonchev–Trinajstić information content (AvgIpc) is 2.34. The van der Waals surface area contributed by atoms with Crippen molar-refractivity contribution in [3.63, 3.8) is 0 Å². The van der Waals surface area contributed by atoms with E-state index in [-0.39, 0.29) is 0 Å². The first-order valence-electron chi connectivity index (χ1n) is 4.75. The fourth-order valence-corrected chi connectivity index (χ4v) is 1.66. The molecule has 0 unspecified atom stereocenters. The predicted octanol–water partition coefficient (Wildman–Crippen LogP) is 4.27. The third-order valence-corrected chi connectivity index (χ3v) is 2.68. The van der Waals surface area contributed by atoms with Gasteiger partial charge in [0, 0.05) is 4.47 Å². The Morgan fingerprint density at radius 1 is 0.875 bits per heavy atom. The van der Waals surface area contributed by atoms with Crippen molar-refractivity contribution in [2.75, 3.05) is 5.01 Å². The number of hydrogen-bond donors (Lipinski definition) is 0. The Morgan fingerprint density at radius 2 is 1.44 bits per heavy atom. The molecule has 0 saturated carbocycles. The van der Waals surface area contributed by atoms with Gasteiger partial charge in [-0.3, -0.25) is 0 Å². The molecule has 0 aliphatic rings. The molecule has 2 aromatic carbocycles. The molecule has 2 aromatic rings. The lowest BCUT2D eigenvalue weighted by atomic mass is 10.2. The molecule has 0 N–H and O–H groups in total. The maximum Gasteiger partial charge on any atom is 0.0685 e. The van der Waals surface area contributed by atoms with E-state index >= 15 is 0 Å². The van der Waals surface area contributed by atoms with Crippen LogP contribution in [0.1, 0.15) is 0 Å². The minimum atomic E-state index is 0.740. The molecule has 0 saturated heterocycles. The highest BCUT2D eigenvalue weighted by Crippen LogP contribution is 2.26. The van der Waals surface area contributed by atoms with Crippen molar-refractivity contribution in [1.82, 2.24) is 0 Å². The molecule has 4 heteroatoms. The lowest BCUT2D eigenvalue weighted by Crippen LogP contribution is -2.06. The zero-order valence-corrected chi connectivity index (χ0v) is 9.96. The minimum Gasteiger partial charge on any atom is -0.197 e. The van der Waals surface area contributed by atoms with Crippen LogP contribution < -0.4 is 5.01 Å². The summed E-state index contributed by atoms with van der Waals surface area (Å²) in [6, 6.07) is 16.7. The van der Waals surface area contributed by atoms with Gasteiger partial charge < -0.3 is 0 Å². The zero-order chi connectivity index (χ0) is 11.4. The van der Waals surface area contributed by atoms with Gasteiger partial charge in [-0.25, -0.2) is 0 Å². The average molecular weight is 277 g/mol. The Morgan fingerprint density at radius 3 is 2.00 bits per heavy atom. The Kier molecular flexibility index (Phi) is 3.31. The summed E-state index contributed by atoms with van der Waals surface area (Å²) in [5, 5.41) is 4.38. The molecule has 2 rings (SSSR count). The second kappa shape index (κ2) is 4.90. The fraction of sp³-hybridized carbons (Fsp3) is 0. The molecule has 0 aromatic heterocycles. The standard InChI is InChI=1S/C12H9BrN2O/c13-10-6-8-12(9-7-10)15(14-16)11-4-2-1-3-5-11/h1-9H. The monoisotopic (exact) mass is 276 g/mol. The van der Waals surface area contributed by atoms with Crippen molar-refractivity contribution >= 4 is 27.3 Å². The number of para-hydroxylation sites is 1. The molecule has 0 atom stereocenters. The van der Waals surface area contributed by atoms with E-state index in [0.29, 0.717) is 0 Å². The number of rotatable bonds is 3. The van der Waals surface area contributed by atoms with Crippen molar-refractivity contribution < 1.29 is 0 Å². The summed E-state index contributed by atoms with van der Waals surface area (Å²) in [6.07, 6.45) is 0. The Hall–Kier alpha value is -1.68. The van der Waals surface area contributed by atoms with E-state index in [9.17, 15) is 4.91 Å². The molecular formula is C12H9BrN2O. The third-order valence-electron chi connectivity index (χ3n) is 2.15. The molecule has 3 nitrogen and oxygen atoms in total. The topological polar surface area (TPSA) is 32.7 Å². The molecule has 0 fully saturated rings. The van der Waals surface area contributed by atoms with Gasteiger partial charge in [-0.1, -0.05) is 34.1 Å². The van der Waals surface area contributed by atoms with Gasteiger partial charge in [0.2, 0.25) is 0 Å². The van der Waals surface area contributed by atoms with Gasteiger partial charge in [-0.2, -0.15) is 5.01 Å². The first kappa shape index (κ1) is 10.8. The van der Waals surface area contributed by atoms with E-state index in [1.807, 2.05) is 54.6 Å². The molecule has 0 bridgehead atoms. The van der Waals surface area contributed by atoms with E-state index in [2.05, 4.69) is 21.2 Å². The van der Waals surface area contributed by atoms with Gasteiger partial charge in [-0.05, 0) is 36.4 Å². The number of nitroso groups, excluding NO2 is 1. The zero-order valence-electron chi connectivity index (χ0n) is 8.38. The van der Waals surface area contributed by atoms with E-state index < -0.39 is 0 Å². The largest absolute Gasteiger partial charge is 0.197 e. The van der Waals surface area contributed by atoms with E-state index in [4.69, 9.17) is 0 Å².